The summed E-state index contributed by atoms with van der Waals surface area (Å²) >= 11 is 2.19. The summed E-state index contributed by atoms with van der Waals surface area (Å²) in [7, 11) is 0. The Morgan fingerprint density at radius 2 is 1.86 bits per heavy atom. The van der Waals surface area contributed by atoms with E-state index in [4.69, 9.17) is 0 Å². The van der Waals surface area contributed by atoms with Crippen LogP contribution in [0.4, 0.5) is 5.69 Å². The molecule has 3 rings (SSSR count). The average Bonchev–Trinajstić information content (AvgIpc) is 2.53. The third-order valence-corrected chi connectivity index (χ3v) is 3.89. The van der Waals surface area contributed by atoms with Gasteiger partial charge < -0.3 is 5.32 Å². The predicted molar refractivity (Wildman–Crippen MR) is 93.8 cm³/mol. The lowest BCUT2D eigenvalue weighted by molar-refractivity contribution is -0.116. The zero-order valence-electron chi connectivity index (χ0n) is 11.5. The molecule has 3 aromatic rings. The van der Waals surface area contributed by atoms with Gasteiger partial charge in [-0.05, 0) is 59.0 Å². The van der Waals surface area contributed by atoms with E-state index in [-0.39, 0.29) is 18.0 Å². The van der Waals surface area contributed by atoms with Gasteiger partial charge in [-0.25, -0.2) is 4.98 Å². The maximum atomic E-state index is 12.3. The first kappa shape index (κ1) is 14.7. The molecule has 0 fully saturated rings. The number of aromatic nitrogens is 2. The lowest BCUT2D eigenvalue weighted by Crippen LogP contribution is -2.27. The van der Waals surface area contributed by atoms with E-state index in [9.17, 15) is 9.59 Å². The van der Waals surface area contributed by atoms with E-state index in [2.05, 4.69) is 32.9 Å². The Kier molecular flexibility index (Phi) is 4.19. The number of hydrogen-bond donors (Lipinski definition) is 1. The maximum Gasteiger partial charge on any atom is 0.261 e. The van der Waals surface area contributed by atoms with Crippen molar-refractivity contribution in [2.24, 2.45) is 0 Å². The molecule has 22 heavy (non-hydrogen) atoms. The van der Waals surface area contributed by atoms with Crippen LogP contribution in [0, 0.1) is 3.57 Å². The third-order valence-electron chi connectivity index (χ3n) is 3.17. The van der Waals surface area contributed by atoms with E-state index in [1.54, 1.807) is 18.2 Å². The van der Waals surface area contributed by atoms with Crippen LogP contribution >= 0.6 is 22.6 Å². The number of carbonyl (C=O) groups excluding carboxylic acids is 1. The molecule has 1 heterocycles. The molecular weight excluding hydrogens is 393 g/mol. The smallest absolute Gasteiger partial charge is 0.261 e. The van der Waals surface area contributed by atoms with Gasteiger partial charge in [-0.1, -0.05) is 12.1 Å². The van der Waals surface area contributed by atoms with Crippen molar-refractivity contribution in [3.63, 3.8) is 0 Å². The summed E-state index contributed by atoms with van der Waals surface area (Å²) in [6, 6.07) is 14.5. The fraction of sp³-hybridized carbons (Fsp3) is 0.0625. The van der Waals surface area contributed by atoms with Gasteiger partial charge in [0.05, 0.1) is 17.2 Å². The molecule has 0 saturated carbocycles. The minimum atomic E-state index is -0.264. The van der Waals surface area contributed by atoms with E-state index in [1.165, 1.54) is 10.9 Å². The molecule has 0 atom stereocenters. The van der Waals surface area contributed by atoms with Gasteiger partial charge in [0.2, 0.25) is 5.91 Å². The van der Waals surface area contributed by atoms with Crippen LogP contribution in [0.5, 0.6) is 0 Å². The fourth-order valence-electron chi connectivity index (χ4n) is 2.11. The summed E-state index contributed by atoms with van der Waals surface area (Å²) < 4.78 is 2.40. The first-order chi connectivity index (χ1) is 10.6. The van der Waals surface area contributed by atoms with Gasteiger partial charge in [0.15, 0.2) is 0 Å². The number of fused-ring (bicyclic) bond motifs is 1. The Morgan fingerprint density at radius 3 is 2.64 bits per heavy atom. The zero-order valence-corrected chi connectivity index (χ0v) is 13.6. The first-order valence-corrected chi connectivity index (χ1v) is 7.71. The highest BCUT2D eigenvalue weighted by Crippen LogP contribution is 2.11. The van der Waals surface area contributed by atoms with Crippen molar-refractivity contribution < 1.29 is 4.79 Å². The minimum absolute atomic E-state index is 0.0668. The SMILES string of the molecule is O=C(Cn1cnc2ccccc2c1=O)Nc1ccc(I)cc1. The quantitative estimate of drug-likeness (QED) is 0.682. The van der Waals surface area contributed by atoms with Gasteiger partial charge in [0, 0.05) is 9.26 Å². The van der Waals surface area contributed by atoms with Crippen molar-refractivity contribution >= 4 is 45.1 Å². The van der Waals surface area contributed by atoms with E-state index < -0.39 is 0 Å². The molecule has 1 N–H and O–H groups in total. The molecular formula is C16H12IN3O2. The molecule has 0 unspecified atom stereocenters. The van der Waals surface area contributed by atoms with Crippen molar-refractivity contribution in [1.29, 1.82) is 0 Å². The Balaban J connectivity index is 1.81. The monoisotopic (exact) mass is 405 g/mol. The summed E-state index contributed by atoms with van der Waals surface area (Å²) in [5.74, 6) is -0.264. The number of carbonyl (C=O) groups is 1. The number of amides is 1. The highest BCUT2D eigenvalue weighted by molar-refractivity contribution is 14.1. The van der Waals surface area contributed by atoms with Crippen LogP contribution in [0.1, 0.15) is 0 Å². The van der Waals surface area contributed by atoms with Crippen LogP contribution in [-0.2, 0) is 11.3 Å². The topological polar surface area (TPSA) is 64.0 Å². The second-order valence-electron chi connectivity index (χ2n) is 4.75. The Labute approximate surface area is 140 Å². The third kappa shape index (κ3) is 3.16. The van der Waals surface area contributed by atoms with Gasteiger partial charge in [-0.3, -0.25) is 14.2 Å². The highest BCUT2D eigenvalue weighted by atomic mass is 127. The maximum absolute atomic E-state index is 12.3. The summed E-state index contributed by atoms with van der Waals surface area (Å²) in [6.45, 7) is -0.0668. The number of halogens is 1. The minimum Gasteiger partial charge on any atom is -0.325 e. The van der Waals surface area contributed by atoms with Gasteiger partial charge in [0.1, 0.15) is 6.54 Å². The summed E-state index contributed by atoms with van der Waals surface area (Å²) in [5.41, 5.74) is 1.11. The second kappa shape index (κ2) is 6.27. The summed E-state index contributed by atoms with van der Waals surface area (Å²) in [6.07, 6.45) is 1.40. The zero-order chi connectivity index (χ0) is 15.5. The fourth-order valence-corrected chi connectivity index (χ4v) is 2.47. The molecule has 2 aromatic carbocycles. The predicted octanol–water partition coefficient (Wildman–Crippen LogP) is 2.64. The van der Waals surface area contributed by atoms with Crippen LogP contribution in [0.2, 0.25) is 0 Å². The molecule has 0 aliphatic heterocycles. The van der Waals surface area contributed by atoms with Crippen LogP contribution in [0.25, 0.3) is 10.9 Å². The largest absolute Gasteiger partial charge is 0.325 e. The van der Waals surface area contributed by atoms with Crippen molar-refractivity contribution in [2.45, 2.75) is 6.54 Å². The molecule has 5 nitrogen and oxygen atoms in total. The van der Waals surface area contributed by atoms with Gasteiger partial charge in [-0.2, -0.15) is 0 Å². The van der Waals surface area contributed by atoms with E-state index in [0.29, 0.717) is 16.6 Å². The molecule has 0 spiro atoms. The van der Waals surface area contributed by atoms with Gasteiger partial charge in [0.25, 0.3) is 5.56 Å². The van der Waals surface area contributed by atoms with Crippen molar-refractivity contribution in [1.82, 2.24) is 9.55 Å². The van der Waals surface area contributed by atoms with Crippen LogP contribution in [-0.4, -0.2) is 15.5 Å². The molecule has 0 saturated heterocycles. The normalized spacial score (nSPS) is 10.6. The van der Waals surface area contributed by atoms with E-state index in [1.807, 2.05) is 30.3 Å². The lowest BCUT2D eigenvalue weighted by atomic mass is 10.2. The Bertz CT molecular complexity index is 888. The number of para-hydroxylation sites is 1. The molecule has 0 aliphatic rings. The van der Waals surface area contributed by atoms with Crippen LogP contribution < -0.4 is 10.9 Å². The Morgan fingerprint density at radius 1 is 1.14 bits per heavy atom. The molecule has 1 amide bonds. The second-order valence-corrected chi connectivity index (χ2v) is 6.00. The highest BCUT2D eigenvalue weighted by Gasteiger charge is 2.08. The van der Waals surface area contributed by atoms with Crippen LogP contribution in [0.3, 0.4) is 0 Å². The van der Waals surface area contributed by atoms with Crippen molar-refractivity contribution in [3.8, 4) is 0 Å². The first-order valence-electron chi connectivity index (χ1n) is 6.63. The molecule has 0 radical (unpaired) electrons. The van der Waals surface area contributed by atoms with Crippen LogP contribution in [0.15, 0.2) is 59.7 Å². The van der Waals surface area contributed by atoms with Gasteiger partial charge in [-0.15, -0.1) is 0 Å². The standard InChI is InChI=1S/C16H12IN3O2/c17-11-5-7-12(8-6-11)19-15(21)9-20-10-18-14-4-2-1-3-13(14)16(20)22/h1-8,10H,9H2,(H,19,21). The molecule has 0 bridgehead atoms. The summed E-state index contributed by atoms with van der Waals surface area (Å²) in [5, 5.41) is 3.27. The average molecular weight is 405 g/mol. The molecule has 110 valence electrons. The van der Waals surface area contributed by atoms with Crippen molar-refractivity contribution in [3.05, 3.63) is 68.8 Å². The lowest BCUT2D eigenvalue weighted by Gasteiger charge is -2.08. The van der Waals surface area contributed by atoms with Gasteiger partial charge >= 0.3 is 0 Å². The Hall–Kier alpha value is -2.22. The number of hydrogen-bond acceptors (Lipinski definition) is 3. The number of nitrogens with zero attached hydrogens (tertiary/aromatic N) is 2. The van der Waals surface area contributed by atoms with E-state index in [0.717, 1.165) is 3.57 Å². The number of anilines is 1. The number of nitrogens with one attached hydrogen (secondary N) is 1. The number of benzene rings is 2. The van der Waals surface area contributed by atoms with Crippen molar-refractivity contribution in [2.75, 3.05) is 5.32 Å². The molecule has 1 aromatic heterocycles. The van der Waals surface area contributed by atoms with E-state index >= 15 is 0 Å². The summed E-state index contributed by atoms with van der Waals surface area (Å²) in [4.78, 5) is 28.6. The molecule has 6 heteroatoms. The molecule has 0 aliphatic carbocycles. The number of rotatable bonds is 3.